The molecule has 5 heteroatoms. The van der Waals surface area contributed by atoms with E-state index in [1.165, 1.54) is 12.1 Å². The van der Waals surface area contributed by atoms with Crippen LogP contribution in [-0.4, -0.2) is 19.3 Å². The molecular formula is C14H15F3O2. The molecule has 0 N–H and O–H groups in total. The Hall–Kier alpha value is -1.78. The lowest BCUT2D eigenvalue weighted by atomic mass is 9.96. The number of benzene rings is 1. The van der Waals surface area contributed by atoms with E-state index in [4.69, 9.17) is 0 Å². The van der Waals surface area contributed by atoms with Crippen LogP contribution in [0.5, 0.6) is 0 Å². The van der Waals surface area contributed by atoms with Crippen molar-refractivity contribution in [1.82, 2.24) is 0 Å². The number of alkyl halides is 3. The number of carbonyl (C=O) groups excluding carboxylic acids is 1. The molecule has 104 valence electrons. The highest BCUT2D eigenvalue weighted by molar-refractivity contribution is 5.92. The maximum atomic E-state index is 13.0. The Bertz CT molecular complexity index is 505. The third-order valence-electron chi connectivity index (χ3n) is 3.01. The normalized spacial score (nSPS) is 12.5. The van der Waals surface area contributed by atoms with E-state index in [1.807, 2.05) is 6.92 Å². The van der Waals surface area contributed by atoms with E-state index in [1.54, 1.807) is 13.8 Å². The topological polar surface area (TPSA) is 26.3 Å². The van der Waals surface area contributed by atoms with Gasteiger partial charge in [-0.2, -0.15) is 13.2 Å². The summed E-state index contributed by atoms with van der Waals surface area (Å²) >= 11 is 0. The summed E-state index contributed by atoms with van der Waals surface area (Å²) in [6, 6.07) is 2.84. The largest absolute Gasteiger partial charge is 0.466 e. The van der Waals surface area contributed by atoms with Crippen LogP contribution < -0.4 is 0 Å². The Morgan fingerprint density at radius 1 is 1.16 bits per heavy atom. The van der Waals surface area contributed by atoms with Gasteiger partial charge < -0.3 is 4.74 Å². The molecule has 0 amide bonds. The predicted molar refractivity (Wildman–Crippen MR) is 66.7 cm³/mol. The molecule has 0 aromatic heterocycles. The lowest BCUT2D eigenvalue weighted by molar-refractivity contribution is -0.135. The minimum absolute atomic E-state index is 0.0292. The van der Waals surface area contributed by atoms with Gasteiger partial charge in [-0.15, -0.1) is 0 Å². The number of allylic oxidation sites excluding steroid dienone is 1. The van der Waals surface area contributed by atoms with E-state index in [2.05, 4.69) is 4.74 Å². The zero-order chi connectivity index (χ0) is 14.8. The summed E-state index contributed by atoms with van der Waals surface area (Å²) in [5, 5.41) is 0. The van der Waals surface area contributed by atoms with Gasteiger partial charge in [-0.1, -0.05) is 12.1 Å². The van der Waals surface area contributed by atoms with Gasteiger partial charge in [-0.3, -0.25) is 0 Å². The lowest BCUT2D eigenvalue weighted by Gasteiger charge is -2.15. The molecule has 0 bridgehead atoms. The molecule has 0 aliphatic carbocycles. The fraction of sp³-hybridized carbons (Fsp3) is 0.357. The number of halogens is 3. The van der Waals surface area contributed by atoms with Gasteiger partial charge in [-0.25, -0.2) is 4.79 Å². The Labute approximate surface area is 109 Å². The zero-order valence-corrected chi connectivity index (χ0v) is 11.2. The van der Waals surface area contributed by atoms with Gasteiger partial charge >= 0.3 is 12.1 Å². The van der Waals surface area contributed by atoms with Crippen molar-refractivity contribution in [2.75, 3.05) is 7.11 Å². The minimum Gasteiger partial charge on any atom is -0.466 e. The summed E-state index contributed by atoms with van der Waals surface area (Å²) < 4.78 is 43.2. The fourth-order valence-corrected chi connectivity index (χ4v) is 1.70. The first-order valence-corrected chi connectivity index (χ1v) is 5.62. The second-order valence-electron chi connectivity index (χ2n) is 4.31. The van der Waals surface area contributed by atoms with Crippen molar-refractivity contribution in [3.05, 3.63) is 40.5 Å². The van der Waals surface area contributed by atoms with E-state index in [9.17, 15) is 18.0 Å². The molecule has 1 rings (SSSR count). The monoisotopic (exact) mass is 272 g/mol. The summed E-state index contributed by atoms with van der Waals surface area (Å²) in [5.41, 5.74) is 1.40. The lowest BCUT2D eigenvalue weighted by Crippen LogP contribution is -2.13. The summed E-state index contributed by atoms with van der Waals surface area (Å²) in [5.74, 6) is -1.02. The number of ether oxygens (including phenoxy) is 1. The molecule has 19 heavy (non-hydrogen) atoms. The maximum Gasteiger partial charge on any atom is 0.417 e. The van der Waals surface area contributed by atoms with Crippen LogP contribution in [0.3, 0.4) is 0 Å². The van der Waals surface area contributed by atoms with E-state index in [0.29, 0.717) is 6.08 Å². The molecule has 0 saturated heterocycles. The molecule has 2 nitrogen and oxygen atoms in total. The molecule has 1 aromatic carbocycles. The van der Waals surface area contributed by atoms with Gasteiger partial charge in [0, 0.05) is 6.08 Å². The molecule has 1 aromatic rings. The average molecular weight is 272 g/mol. The molecule has 0 heterocycles. The molecule has 0 aliphatic rings. The SMILES string of the molecule is COC(=O)/C=C(\c1cc(C)c(C)c(C)c1)C(F)(F)F. The molecular weight excluding hydrogens is 257 g/mol. The Kier molecular flexibility index (Phi) is 4.39. The van der Waals surface area contributed by atoms with Crippen LogP contribution in [0, 0.1) is 20.8 Å². The third-order valence-corrected chi connectivity index (χ3v) is 3.01. The number of methoxy groups -OCH3 is 1. The standard InChI is InChI=1S/C14H15F3O2/c1-8-5-11(6-9(2)10(8)3)12(14(15,16)17)7-13(18)19-4/h5-7H,1-4H3/b12-7+. The van der Waals surface area contributed by atoms with Gasteiger partial charge in [-0.05, 0) is 43.0 Å². The summed E-state index contributed by atoms with van der Waals surface area (Å²) in [6.07, 6.45) is -4.13. The predicted octanol–water partition coefficient (Wildman–Crippen LogP) is 3.73. The number of carbonyl (C=O) groups is 1. The first-order chi connectivity index (χ1) is 8.66. The van der Waals surface area contributed by atoms with Gasteiger partial charge in [0.2, 0.25) is 0 Å². The first kappa shape index (κ1) is 15.3. The van der Waals surface area contributed by atoms with Crippen LogP contribution in [0.2, 0.25) is 0 Å². The Balaban J connectivity index is 3.43. The fourth-order valence-electron chi connectivity index (χ4n) is 1.70. The second kappa shape index (κ2) is 5.47. The maximum absolute atomic E-state index is 13.0. The molecule has 0 spiro atoms. The van der Waals surface area contributed by atoms with Crippen LogP contribution in [0.15, 0.2) is 18.2 Å². The number of esters is 1. The van der Waals surface area contributed by atoms with Gasteiger partial charge in [0.1, 0.15) is 0 Å². The Morgan fingerprint density at radius 2 is 1.63 bits per heavy atom. The number of hydrogen-bond acceptors (Lipinski definition) is 2. The molecule has 0 atom stereocenters. The summed E-state index contributed by atoms with van der Waals surface area (Å²) in [7, 11) is 1.04. The van der Waals surface area contributed by atoms with E-state index in [0.717, 1.165) is 23.8 Å². The third kappa shape index (κ3) is 3.59. The minimum atomic E-state index is -4.61. The van der Waals surface area contributed by atoms with Gasteiger partial charge in [0.15, 0.2) is 0 Å². The number of aryl methyl sites for hydroxylation is 2. The van der Waals surface area contributed by atoms with Crippen LogP contribution in [0.4, 0.5) is 13.2 Å². The summed E-state index contributed by atoms with van der Waals surface area (Å²) in [6.45, 7) is 5.31. The van der Waals surface area contributed by atoms with Crippen molar-refractivity contribution in [1.29, 1.82) is 0 Å². The first-order valence-electron chi connectivity index (χ1n) is 5.62. The highest BCUT2D eigenvalue weighted by Gasteiger charge is 2.35. The smallest absolute Gasteiger partial charge is 0.417 e. The van der Waals surface area contributed by atoms with Crippen molar-refractivity contribution >= 4 is 11.5 Å². The van der Waals surface area contributed by atoms with Crippen molar-refractivity contribution in [2.24, 2.45) is 0 Å². The second-order valence-corrected chi connectivity index (χ2v) is 4.31. The van der Waals surface area contributed by atoms with Crippen LogP contribution in [-0.2, 0) is 9.53 Å². The van der Waals surface area contributed by atoms with Gasteiger partial charge in [0.05, 0.1) is 12.7 Å². The van der Waals surface area contributed by atoms with Crippen LogP contribution >= 0.6 is 0 Å². The highest BCUT2D eigenvalue weighted by atomic mass is 19.4. The van der Waals surface area contributed by atoms with Crippen LogP contribution in [0.25, 0.3) is 5.57 Å². The average Bonchev–Trinajstić information content (AvgIpc) is 2.30. The van der Waals surface area contributed by atoms with Crippen molar-refractivity contribution in [3.8, 4) is 0 Å². The molecule has 0 radical (unpaired) electrons. The quantitative estimate of drug-likeness (QED) is 0.605. The number of rotatable bonds is 2. The van der Waals surface area contributed by atoms with E-state index >= 15 is 0 Å². The van der Waals surface area contributed by atoms with Crippen molar-refractivity contribution < 1.29 is 22.7 Å². The van der Waals surface area contributed by atoms with Crippen molar-refractivity contribution in [3.63, 3.8) is 0 Å². The summed E-state index contributed by atoms with van der Waals surface area (Å²) in [4.78, 5) is 11.1. The molecule has 0 aliphatic heterocycles. The Morgan fingerprint density at radius 3 is 2.00 bits per heavy atom. The molecule has 0 fully saturated rings. The van der Waals surface area contributed by atoms with Gasteiger partial charge in [0.25, 0.3) is 0 Å². The highest BCUT2D eigenvalue weighted by Crippen LogP contribution is 2.35. The molecule has 0 saturated carbocycles. The van der Waals surface area contributed by atoms with E-state index in [-0.39, 0.29) is 5.56 Å². The van der Waals surface area contributed by atoms with E-state index < -0.39 is 17.7 Å². The zero-order valence-electron chi connectivity index (χ0n) is 11.2. The number of hydrogen-bond donors (Lipinski definition) is 0. The molecule has 0 unspecified atom stereocenters. The van der Waals surface area contributed by atoms with Crippen molar-refractivity contribution in [2.45, 2.75) is 26.9 Å². The van der Waals surface area contributed by atoms with Crippen LogP contribution in [0.1, 0.15) is 22.3 Å².